The molecule has 2 rings (SSSR count). The van der Waals surface area contributed by atoms with Gasteiger partial charge in [-0.15, -0.1) is 0 Å². The highest BCUT2D eigenvalue weighted by molar-refractivity contribution is 7.71. The van der Waals surface area contributed by atoms with Crippen LogP contribution >= 0.6 is 7.14 Å². The van der Waals surface area contributed by atoms with E-state index < -0.39 is 7.14 Å². The van der Waals surface area contributed by atoms with Crippen molar-refractivity contribution >= 4 is 12.4 Å². The lowest BCUT2D eigenvalue weighted by Crippen LogP contribution is -2.29. The third-order valence-electron chi connectivity index (χ3n) is 4.18. The van der Waals surface area contributed by atoms with E-state index >= 15 is 0 Å². The third kappa shape index (κ3) is 2.70. The second kappa shape index (κ2) is 6.04. The minimum atomic E-state index is -2.16. The largest absolute Gasteiger partial charge is 0.319 e. The summed E-state index contributed by atoms with van der Waals surface area (Å²) in [5, 5.41) is 4.56. The van der Waals surface area contributed by atoms with E-state index in [1.54, 1.807) is 0 Å². The fraction of sp³-hybridized carbons (Fsp3) is 0.600. The van der Waals surface area contributed by atoms with Gasteiger partial charge >= 0.3 is 0 Å². The van der Waals surface area contributed by atoms with Crippen LogP contribution in [-0.2, 0) is 4.57 Å². The topological polar surface area (TPSA) is 29.1 Å². The highest BCUT2D eigenvalue weighted by Crippen LogP contribution is 2.46. The fourth-order valence-electron chi connectivity index (χ4n) is 2.90. The molecule has 0 saturated carbocycles. The second-order valence-electron chi connectivity index (χ2n) is 5.10. The van der Waals surface area contributed by atoms with Crippen molar-refractivity contribution in [3.05, 3.63) is 29.8 Å². The summed E-state index contributed by atoms with van der Waals surface area (Å²) >= 11 is 0. The van der Waals surface area contributed by atoms with Gasteiger partial charge in [-0.3, -0.25) is 0 Å². The Morgan fingerprint density at radius 1 is 1.17 bits per heavy atom. The lowest BCUT2D eigenvalue weighted by molar-refractivity contribution is 0.461. The van der Waals surface area contributed by atoms with Gasteiger partial charge in [0, 0.05) is 17.6 Å². The lowest BCUT2D eigenvalue weighted by atomic mass is 9.90. The maximum atomic E-state index is 13.0. The molecule has 1 aliphatic heterocycles. The molecule has 0 spiro atoms. The first-order valence-electron chi connectivity index (χ1n) is 7.09. The van der Waals surface area contributed by atoms with Gasteiger partial charge < -0.3 is 9.88 Å². The predicted octanol–water partition coefficient (Wildman–Crippen LogP) is 3.18. The Morgan fingerprint density at radius 2 is 1.78 bits per heavy atom. The van der Waals surface area contributed by atoms with Crippen LogP contribution in [0.2, 0.25) is 0 Å². The van der Waals surface area contributed by atoms with Crippen molar-refractivity contribution in [1.29, 1.82) is 0 Å². The van der Waals surface area contributed by atoms with E-state index in [2.05, 4.69) is 37.4 Å². The molecule has 1 saturated heterocycles. The van der Waals surface area contributed by atoms with Crippen LogP contribution in [0.3, 0.4) is 0 Å². The first-order valence-corrected chi connectivity index (χ1v) is 9.17. The van der Waals surface area contributed by atoms with Crippen molar-refractivity contribution in [3.63, 3.8) is 0 Å². The minimum Gasteiger partial charge on any atom is -0.319 e. The third-order valence-corrected chi connectivity index (χ3v) is 7.51. The molecule has 0 amide bonds. The molecule has 18 heavy (non-hydrogen) atoms. The van der Waals surface area contributed by atoms with Crippen molar-refractivity contribution < 1.29 is 4.57 Å². The number of hydrogen-bond donors (Lipinski definition) is 1. The summed E-state index contributed by atoms with van der Waals surface area (Å²) in [6, 6.07) is 8.43. The zero-order valence-corrected chi connectivity index (χ0v) is 12.4. The van der Waals surface area contributed by atoms with E-state index in [-0.39, 0.29) is 0 Å². The van der Waals surface area contributed by atoms with Crippen molar-refractivity contribution in [2.45, 2.75) is 32.6 Å². The van der Waals surface area contributed by atoms with Crippen LogP contribution in [0.1, 0.15) is 38.2 Å². The van der Waals surface area contributed by atoms with Crippen LogP contribution in [0.25, 0.3) is 0 Å². The Bertz CT molecular complexity index is 430. The highest BCUT2D eigenvalue weighted by Gasteiger charge is 2.26. The van der Waals surface area contributed by atoms with Gasteiger partial charge in [-0.1, -0.05) is 38.1 Å². The molecular weight excluding hydrogens is 241 g/mol. The molecule has 0 unspecified atom stereocenters. The van der Waals surface area contributed by atoms with Crippen LogP contribution in [0.15, 0.2) is 24.3 Å². The summed E-state index contributed by atoms with van der Waals surface area (Å²) in [5.41, 5.74) is 1.35. The summed E-state index contributed by atoms with van der Waals surface area (Å²) in [7, 11) is -2.16. The Labute approximate surface area is 111 Å². The predicted molar refractivity (Wildman–Crippen MR) is 79.6 cm³/mol. The summed E-state index contributed by atoms with van der Waals surface area (Å²) in [4.78, 5) is 0. The van der Waals surface area contributed by atoms with Crippen LogP contribution < -0.4 is 10.6 Å². The van der Waals surface area contributed by atoms with Gasteiger partial charge in [-0.05, 0) is 37.4 Å². The summed E-state index contributed by atoms with van der Waals surface area (Å²) in [6.07, 6.45) is 3.91. The molecule has 1 aromatic rings. The number of benzene rings is 1. The molecule has 1 fully saturated rings. The molecular formula is C15H24NOP. The Hall–Kier alpha value is -0.590. The molecule has 3 heteroatoms. The smallest absolute Gasteiger partial charge is 0.115 e. The Kier molecular flexibility index (Phi) is 4.64. The monoisotopic (exact) mass is 265 g/mol. The fourth-order valence-corrected chi connectivity index (χ4v) is 5.12. The maximum absolute atomic E-state index is 13.0. The van der Waals surface area contributed by atoms with E-state index in [0.717, 1.165) is 30.7 Å². The van der Waals surface area contributed by atoms with E-state index in [0.29, 0.717) is 5.92 Å². The number of piperidine rings is 1. The van der Waals surface area contributed by atoms with Gasteiger partial charge in [-0.2, -0.15) is 0 Å². The Balaban J connectivity index is 2.38. The molecule has 0 atom stereocenters. The summed E-state index contributed by atoms with van der Waals surface area (Å²) < 4.78 is 13.0. The first-order chi connectivity index (χ1) is 8.71. The lowest BCUT2D eigenvalue weighted by Gasteiger charge is -2.27. The average Bonchev–Trinajstić information content (AvgIpc) is 2.47. The van der Waals surface area contributed by atoms with Gasteiger partial charge in [-0.25, -0.2) is 0 Å². The van der Waals surface area contributed by atoms with Crippen LogP contribution in [0, 0.1) is 0 Å². The van der Waals surface area contributed by atoms with Gasteiger partial charge in [0.25, 0.3) is 0 Å². The molecule has 0 aliphatic carbocycles. The molecule has 100 valence electrons. The molecule has 0 radical (unpaired) electrons. The molecule has 1 aliphatic rings. The van der Waals surface area contributed by atoms with Crippen LogP contribution in [0.5, 0.6) is 0 Å². The summed E-state index contributed by atoms with van der Waals surface area (Å²) in [6.45, 7) is 6.29. The van der Waals surface area contributed by atoms with Crippen LogP contribution in [0.4, 0.5) is 0 Å². The molecule has 1 heterocycles. The van der Waals surface area contributed by atoms with Crippen molar-refractivity contribution in [1.82, 2.24) is 5.32 Å². The number of hydrogen-bond acceptors (Lipinski definition) is 2. The van der Waals surface area contributed by atoms with E-state index in [9.17, 15) is 4.57 Å². The zero-order chi connectivity index (χ0) is 13.0. The molecule has 2 nitrogen and oxygen atoms in total. The number of rotatable bonds is 4. The van der Waals surface area contributed by atoms with Gasteiger partial charge in [0.05, 0.1) is 0 Å². The highest BCUT2D eigenvalue weighted by atomic mass is 31.2. The second-order valence-corrected chi connectivity index (χ2v) is 8.63. The normalized spacial score (nSPS) is 17.9. The van der Waals surface area contributed by atoms with Gasteiger partial charge in [0.1, 0.15) is 7.14 Å². The van der Waals surface area contributed by atoms with E-state index in [4.69, 9.17) is 0 Å². The summed E-state index contributed by atoms with van der Waals surface area (Å²) in [5.74, 6) is 0.592. The van der Waals surface area contributed by atoms with Crippen LogP contribution in [-0.4, -0.2) is 25.4 Å². The van der Waals surface area contributed by atoms with Gasteiger partial charge in [0.2, 0.25) is 0 Å². The molecule has 1 aromatic carbocycles. The molecule has 1 N–H and O–H groups in total. The zero-order valence-electron chi connectivity index (χ0n) is 11.5. The SMILES string of the molecule is CCP(=O)(CC)c1ccccc1C1CCNCC1. The standard InChI is InChI=1S/C15H24NOP/c1-3-18(17,4-2)15-8-6-5-7-14(15)13-9-11-16-12-10-13/h5-8,13,16H,3-4,9-12H2,1-2H3. The molecule has 0 bridgehead atoms. The van der Waals surface area contributed by atoms with Gasteiger partial charge in [0.15, 0.2) is 0 Å². The molecule has 0 aromatic heterocycles. The minimum absolute atomic E-state index is 0.592. The number of nitrogens with one attached hydrogen (secondary N) is 1. The van der Waals surface area contributed by atoms with E-state index in [1.165, 1.54) is 18.4 Å². The average molecular weight is 265 g/mol. The van der Waals surface area contributed by atoms with Crippen molar-refractivity contribution in [2.75, 3.05) is 25.4 Å². The van der Waals surface area contributed by atoms with Crippen molar-refractivity contribution in [3.8, 4) is 0 Å². The quantitative estimate of drug-likeness (QED) is 0.847. The Morgan fingerprint density at radius 3 is 2.39 bits per heavy atom. The van der Waals surface area contributed by atoms with E-state index in [1.807, 2.05) is 6.07 Å². The maximum Gasteiger partial charge on any atom is 0.115 e. The first kappa shape index (κ1) is 13.8. The van der Waals surface area contributed by atoms with Crippen molar-refractivity contribution in [2.24, 2.45) is 0 Å².